The van der Waals surface area contributed by atoms with Gasteiger partial charge in [-0.15, -0.1) is 0 Å². The first-order valence-corrected chi connectivity index (χ1v) is 10.5. The second kappa shape index (κ2) is 10.0. The predicted molar refractivity (Wildman–Crippen MR) is 119 cm³/mol. The molecule has 0 amide bonds. The van der Waals surface area contributed by atoms with Crippen molar-refractivity contribution in [1.29, 1.82) is 5.26 Å². The van der Waals surface area contributed by atoms with Crippen LogP contribution in [-0.2, 0) is 0 Å². The molecule has 3 aromatic rings. The zero-order valence-electron chi connectivity index (χ0n) is 18.1. The summed E-state index contributed by atoms with van der Waals surface area (Å²) in [6, 6.07) is 14.8. The van der Waals surface area contributed by atoms with Gasteiger partial charge in [-0.25, -0.2) is 0 Å². The van der Waals surface area contributed by atoms with Crippen LogP contribution in [-0.4, -0.2) is 34.5 Å². The average Bonchev–Trinajstić information content (AvgIpc) is 3.20. The van der Waals surface area contributed by atoms with E-state index >= 15 is 0 Å². The fourth-order valence-corrected chi connectivity index (χ4v) is 3.54. The van der Waals surface area contributed by atoms with Gasteiger partial charge in [0.1, 0.15) is 6.07 Å². The SMILES string of the molecule is CCN(CC)C(CNc1oc(-c2cccnc2)nc1C#N)c1ccc(C(C)C)cc1. The minimum absolute atomic E-state index is 0.152. The van der Waals surface area contributed by atoms with Crippen LogP contribution in [0.1, 0.15) is 56.5 Å². The first-order valence-electron chi connectivity index (χ1n) is 10.5. The van der Waals surface area contributed by atoms with Crippen molar-refractivity contribution in [3.8, 4) is 17.5 Å². The summed E-state index contributed by atoms with van der Waals surface area (Å²) in [5.41, 5.74) is 3.56. The average molecular weight is 404 g/mol. The minimum atomic E-state index is 0.152. The number of anilines is 1. The zero-order chi connectivity index (χ0) is 21.5. The van der Waals surface area contributed by atoms with Crippen LogP contribution in [0.4, 0.5) is 5.88 Å². The van der Waals surface area contributed by atoms with Crippen molar-refractivity contribution in [1.82, 2.24) is 14.9 Å². The Morgan fingerprint density at radius 2 is 1.80 bits per heavy atom. The maximum Gasteiger partial charge on any atom is 0.232 e. The quantitative estimate of drug-likeness (QED) is 0.527. The number of hydrogen-bond acceptors (Lipinski definition) is 6. The number of pyridine rings is 1. The summed E-state index contributed by atoms with van der Waals surface area (Å²) in [6.45, 7) is 11.2. The smallest absolute Gasteiger partial charge is 0.232 e. The van der Waals surface area contributed by atoms with E-state index in [0.29, 0.717) is 24.2 Å². The number of rotatable bonds is 9. The van der Waals surface area contributed by atoms with Gasteiger partial charge in [0.2, 0.25) is 17.5 Å². The largest absolute Gasteiger partial charge is 0.419 e. The second-order valence-corrected chi connectivity index (χ2v) is 7.49. The molecule has 2 heterocycles. The zero-order valence-corrected chi connectivity index (χ0v) is 18.1. The molecule has 6 heteroatoms. The predicted octanol–water partition coefficient (Wildman–Crippen LogP) is 5.23. The van der Waals surface area contributed by atoms with Gasteiger partial charge in [0.25, 0.3) is 0 Å². The maximum absolute atomic E-state index is 9.51. The fourth-order valence-electron chi connectivity index (χ4n) is 3.54. The molecule has 0 fully saturated rings. The van der Waals surface area contributed by atoms with E-state index in [1.807, 2.05) is 12.1 Å². The van der Waals surface area contributed by atoms with Crippen molar-refractivity contribution < 1.29 is 4.42 Å². The highest BCUT2D eigenvalue weighted by Gasteiger charge is 2.21. The van der Waals surface area contributed by atoms with Gasteiger partial charge in [-0.2, -0.15) is 10.2 Å². The lowest BCUT2D eigenvalue weighted by molar-refractivity contribution is 0.227. The first-order chi connectivity index (χ1) is 14.6. The van der Waals surface area contributed by atoms with Gasteiger partial charge in [-0.1, -0.05) is 52.0 Å². The lowest BCUT2D eigenvalue weighted by Gasteiger charge is -2.30. The third-order valence-electron chi connectivity index (χ3n) is 5.34. The van der Waals surface area contributed by atoms with E-state index in [1.54, 1.807) is 12.4 Å². The Kier molecular flexibility index (Phi) is 7.21. The van der Waals surface area contributed by atoms with Crippen LogP contribution >= 0.6 is 0 Å². The maximum atomic E-state index is 9.51. The summed E-state index contributed by atoms with van der Waals surface area (Å²) in [7, 11) is 0. The van der Waals surface area contributed by atoms with E-state index in [1.165, 1.54) is 11.1 Å². The molecule has 0 saturated carbocycles. The van der Waals surface area contributed by atoms with Crippen LogP contribution in [0.3, 0.4) is 0 Å². The summed E-state index contributed by atoms with van der Waals surface area (Å²) in [5, 5.41) is 12.8. The molecule has 0 bridgehead atoms. The lowest BCUT2D eigenvalue weighted by atomic mass is 9.98. The standard InChI is InChI=1S/C24H29N5O/c1-5-29(6-2)22(19-11-9-18(10-12-19)17(3)4)16-27-24-21(14-25)28-23(30-24)20-8-7-13-26-15-20/h7-13,15,17,22,27H,5-6,16H2,1-4H3. The van der Waals surface area contributed by atoms with E-state index in [-0.39, 0.29) is 11.7 Å². The molecule has 6 nitrogen and oxygen atoms in total. The molecule has 2 aromatic heterocycles. The van der Waals surface area contributed by atoms with Crippen LogP contribution in [0.5, 0.6) is 0 Å². The van der Waals surface area contributed by atoms with Gasteiger partial charge < -0.3 is 9.73 Å². The van der Waals surface area contributed by atoms with Gasteiger partial charge in [0, 0.05) is 18.9 Å². The van der Waals surface area contributed by atoms with Crippen molar-refractivity contribution in [2.24, 2.45) is 0 Å². The summed E-state index contributed by atoms with van der Waals surface area (Å²) >= 11 is 0. The van der Waals surface area contributed by atoms with Crippen molar-refractivity contribution in [2.45, 2.75) is 39.7 Å². The van der Waals surface area contributed by atoms with Crippen LogP contribution < -0.4 is 5.32 Å². The van der Waals surface area contributed by atoms with Crippen molar-refractivity contribution in [3.05, 3.63) is 65.6 Å². The first kappa shape index (κ1) is 21.5. The molecule has 0 radical (unpaired) electrons. The molecule has 156 valence electrons. The molecule has 1 atom stereocenters. The van der Waals surface area contributed by atoms with Crippen LogP contribution in [0.2, 0.25) is 0 Å². The summed E-state index contributed by atoms with van der Waals surface area (Å²) < 4.78 is 5.87. The van der Waals surface area contributed by atoms with E-state index in [4.69, 9.17) is 4.42 Å². The number of nitrogens with one attached hydrogen (secondary N) is 1. The Morgan fingerprint density at radius 3 is 2.37 bits per heavy atom. The number of oxazole rings is 1. The van der Waals surface area contributed by atoms with Gasteiger partial charge in [-0.05, 0) is 42.3 Å². The Morgan fingerprint density at radius 1 is 1.10 bits per heavy atom. The Balaban J connectivity index is 1.84. The summed E-state index contributed by atoms with van der Waals surface area (Å²) in [5.74, 6) is 1.29. The molecule has 30 heavy (non-hydrogen) atoms. The van der Waals surface area contributed by atoms with Gasteiger partial charge in [0.05, 0.1) is 11.6 Å². The fraction of sp³-hybridized carbons (Fsp3) is 0.375. The van der Waals surface area contributed by atoms with Crippen LogP contribution in [0.25, 0.3) is 11.5 Å². The van der Waals surface area contributed by atoms with Gasteiger partial charge in [0.15, 0.2) is 0 Å². The Labute approximate surface area is 178 Å². The summed E-state index contributed by atoms with van der Waals surface area (Å²) in [6.07, 6.45) is 3.36. The highest BCUT2D eigenvalue weighted by atomic mass is 16.4. The number of benzene rings is 1. The van der Waals surface area contributed by atoms with Crippen molar-refractivity contribution in [3.63, 3.8) is 0 Å². The molecule has 1 aromatic carbocycles. The molecule has 0 saturated heterocycles. The number of hydrogen-bond donors (Lipinski definition) is 1. The molecule has 0 aliphatic heterocycles. The number of aromatic nitrogens is 2. The van der Waals surface area contributed by atoms with Crippen LogP contribution in [0.15, 0.2) is 53.2 Å². The van der Waals surface area contributed by atoms with Crippen molar-refractivity contribution >= 4 is 5.88 Å². The van der Waals surface area contributed by atoms with Crippen LogP contribution in [0, 0.1) is 11.3 Å². The molecule has 1 unspecified atom stereocenters. The Hall–Kier alpha value is -3.17. The molecule has 3 rings (SSSR count). The van der Waals surface area contributed by atoms with Gasteiger partial charge in [-0.3, -0.25) is 9.88 Å². The lowest BCUT2D eigenvalue weighted by Crippen LogP contribution is -2.33. The third kappa shape index (κ3) is 4.87. The number of nitrogens with zero attached hydrogens (tertiary/aromatic N) is 4. The molecule has 0 aliphatic carbocycles. The topological polar surface area (TPSA) is 78.0 Å². The molecule has 0 aliphatic rings. The van der Waals surface area contributed by atoms with Crippen molar-refractivity contribution in [2.75, 3.05) is 25.0 Å². The number of likely N-dealkylation sites (N-methyl/N-ethyl adjacent to an activating group) is 1. The molecular formula is C24H29N5O. The highest BCUT2D eigenvalue weighted by Crippen LogP contribution is 2.27. The minimum Gasteiger partial charge on any atom is -0.419 e. The number of nitriles is 1. The highest BCUT2D eigenvalue weighted by molar-refractivity contribution is 5.57. The van der Waals surface area contributed by atoms with E-state index < -0.39 is 0 Å². The normalized spacial score (nSPS) is 12.2. The molecule has 0 spiro atoms. The van der Waals surface area contributed by atoms with E-state index in [9.17, 15) is 5.26 Å². The molecular weight excluding hydrogens is 374 g/mol. The molecule has 1 N–H and O–H groups in total. The van der Waals surface area contributed by atoms with E-state index in [2.05, 4.69) is 78.2 Å². The monoisotopic (exact) mass is 403 g/mol. The van der Waals surface area contributed by atoms with Gasteiger partial charge >= 0.3 is 0 Å². The second-order valence-electron chi connectivity index (χ2n) is 7.49. The third-order valence-corrected chi connectivity index (χ3v) is 5.34. The van der Waals surface area contributed by atoms with E-state index in [0.717, 1.165) is 18.7 Å². The Bertz CT molecular complexity index is 969. The summed E-state index contributed by atoms with van der Waals surface area (Å²) in [4.78, 5) is 10.8.